The summed E-state index contributed by atoms with van der Waals surface area (Å²) in [5, 5.41) is 16.2. The van der Waals surface area contributed by atoms with E-state index in [4.69, 9.17) is 0 Å². The third-order valence-corrected chi connectivity index (χ3v) is 5.05. The predicted octanol–water partition coefficient (Wildman–Crippen LogP) is 2.94. The molecule has 0 saturated heterocycles. The first-order chi connectivity index (χ1) is 12.3. The number of carboxylic acids is 1. The van der Waals surface area contributed by atoms with Gasteiger partial charge < -0.3 is 10.0 Å². The van der Waals surface area contributed by atoms with Crippen LogP contribution in [0.3, 0.4) is 0 Å². The van der Waals surface area contributed by atoms with Gasteiger partial charge in [0.2, 0.25) is 0 Å². The highest BCUT2D eigenvalue weighted by Gasteiger charge is 2.26. The molecule has 3 rings (SSSR count). The SMILES string of the molecule is Cc1nn(C)c2nc(-c3cccs3)cc(C(=O)N(CC(=O)O)C(C)C)c12. The molecule has 0 aliphatic carbocycles. The highest BCUT2D eigenvalue weighted by molar-refractivity contribution is 7.13. The molecule has 0 atom stereocenters. The summed E-state index contributed by atoms with van der Waals surface area (Å²) >= 11 is 1.53. The molecular formula is C18H20N4O3S. The van der Waals surface area contributed by atoms with Crippen molar-refractivity contribution in [3.8, 4) is 10.6 Å². The van der Waals surface area contributed by atoms with Crippen LogP contribution in [-0.2, 0) is 11.8 Å². The minimum Gasteiger partial charge on any atom is -0.480 e. The van der Waals surface area contributed by atoms with E-state index in [1.165, 1.54) is 16.2 Å². The maximum atomic E-state index is 13.2. The van der Waals surface area contributed by atoms with Crippen LogP contribution in [0.2, 0.25) is 0 Å². The molecule has 0 aromatic carbocycles. The van der Waals surface area contributed by atoms with Crippen molar-refractivity contribution in [3.05, 3.63) is 34.8 Å². The lowest BCUT2D eigenvalue weighted by Gasteiger charge is -2.25. The molecule has 0 fully saturated rings. The van der Waals surface area contributed by atoms with Crippen LogP contribution in [0, 0.1) is 6.92 Å². The van der Waals surface area contributed by atoms with Crippen LogP contribution in [0.5, 0.6) is 0 Å². The number of amides is 1. The predicted molar refractivity (Wildman–Crippen MR) is 100 cm³/mol. The summed E-state index contributed by atoms with van der Waals surface area (Å²) < 4.78 is 1.65. The number of rotatable bonds is 5. The van der Waals surface area contributed by atoms with Gasteiger partial charge in [-0.05, 0) is 38.3 Å². The van der Waals surface area contributed by atoms with Gasteiger partial charge in [-0.3, -0.25) is 14.3 Å². The second kappa shape index (κ2) is 6.87. The third kappa shape index (κ3) is 3.20. The normalized spacial score (nSPS) is 11.3. The number of pyridine rings is 1. The van der Waals surface area contributed by atoms with Gasteiger partial charge in [0.1, 0.15) is 6.54 Å². The fraction of sp³-hybridized carbons (Fsp3) is 0.333. The topological polar surface area (TPSA) is 88.3 Å². The molecule has 7 nitrogen and oxygen atoms in total. The summed E-state index contributed by atoms with van der Waals surface area (Å²) in [6.07, 6.45) is 0. The molecule has 3 aromatic heterocycles. The Morgan fingerprint density at radius 3 is 2.69 bits per heavy atom. The quantitative estimate of drug-likeness (QED) is 0.744. The zero-order valence-corrected chi connectivity index (χ0v) is 15.9. The smallest absolute Gasteiger partial charge is 0.323 e. The van der Waals surface area contributed by atoms with Crippen molar-refractivity contribution in [3.63, 3.8) is 0 Å². The van der Waals surface area contributed by atoms with Crippen molar-refractivity contribution < 1.29 is 14.7 Å². The number of aromatic nitrogens is 3. The van der Waals surface area contributed by atoms with Crippen molar-refractivity contribution in [2.24, 2.45) is 7.05 Å². The van der Waals surface area contributed by atoms with Crippen LogP contribution < -0.4 is 0 Å². The molecule has 3 heterocycles. The van der Waals surface area contributed by atoms with Crippen LogP contribution in [-0.4, -0.2) is 49.2 Å². The molecule has 0 spiro atoms. The van der Waals surface area contributed by atoms with E-state index in [-0.39, 0.29) is 18.5 Å². The Labute approximate surface area is 154 Å². The molecule has 0 bridgehead atoms. The summed E-state index contributed by atoms with van der Waals surface area (Å²) in [4.78, 5) is 31.4. The molecule has 0 aliphatic heterocycles. The first-order valence-corrected chi connectivity index (χ1v) is 9.08. The second-order valence-corrected chi connectivity index (χ2v) is 7.31. The highest BCUT2D eigenvalue weighted by Crippen LogP contribution is 2.30. The van der Waals surface area contributed by atoms with Gasteiger partial charge in [-0.25, -0.2) is 4.98 Å². The molecule has 136 valence electrons. The number of hydrogen-bond acceptors (Lipinski definition) is 5. The number of fused-ring (bicyclic) bond motifs is 1. The molecule has 8 heteroatoms. The molecule has 0 aliphatic rings. The molecule has 0 unspecified atom stereocenters. The van der Waals surface area contributed by atoms with Crippen LogP contribution in [0.25, 0.3) is 21.6 Å². The van der Waals surface area contributed by atoms with E-state index in [1.807, 2.05) is 24.4 Å². The molecule has 1 N–H and O–H groups in total. The number of carbonyl (C=O) groups is 2. The van der Waals surface area contributed by atoms with Crippen molar-refractivity contribution in [1.29, 1.82) is 0 Å². The van der Waals surface area contributed by atoms with Crippen molar-refractivity contribution >= 4 is 34.2 Å². The van der Waals surface area contributed by atoms with Crippen LogP contribution in [0.15, 0.2) is 23.6 Å². The van der Waals surface area contributed by atoms with E-state index >= 15 is 0 Å². The lowest BCUT2D eigenvalue weighted by Crippen LogP contribution is -2.40. The number of aryl methyl sites for hydroxylation is 2. The Balaban J connectivity index is 2.23. The second-order valence-electron chi connectivity index (χ2n) is 6.36. The summed E-state index contributed by atoms with van der Waals surface area (Å²) in [5.41, 5.74) is 2.41. The van der Waals surface area contributed by atoms with Gasteiger partial charge in [-0.15, -0.1) is 11.3 Å². The van der Waals surface area contributed by atoms with E-state index < -0.39 is 5.97 Å². The van der Waals surface area contributed by atoms with E-state index in [0.29, 0.717) is 28.0 Å². The molecule has 0 saturated carbocycles. The average Bonchev–Trinajstić information content (AvgIpc) is 3.20. The zero-order chi connectivity index (χ0) is 19.0. The number of carbonyl (C=O) groups excluding carboxylic acids is 1. The summed E-state index contributed by atoms with van der Waals surface area (Å²) in [6, 6.07) is 5.35. The van der Waals surface area contributed by atoms with Crippen molar-refractivity contribution in [1.82, 2.24) is 19.7 Å². The number of aliphatic carboxylic acids is 1. The minimum atomic E-state index is -1.04. The molecule has 3 aromatic rings. The summed E-state index contributed by atoms with van der Waals surface area (Å²) in [5.74, 6) is -1.37. The van der Waals surface area contributed by atoms with Crippen LogP contribution in [0.4, 0.5) is 0 Å². The maximum absolute atomic E-state index is 13.2. The molecule has 0 radical (unpaired) electrons. The Morgan fingerprint density at radius 1 is 1.38 bits per heavy atom. The lowest BCUT2D eigenvalue weighted by molar-refractivity contribution is -0.138. The van der Waals surface area contributed by atoms with Gasteiger partial charge in [0, 0.05) is 13.1 Å². The van der Waals surface area contributed by atoms with Gasteiger partial charge in [-0.1, -0.05) is 6.07 Å². The van der Waals surface area contributed by atoms with E-state index in [2.05, 4.69) is 10.1 Å². The average molecular weight is 372 g/mol. The minimum absolute atomic E-state index is 0.246. The van der Waals surface area contributed by atoms with E-state index in [1.54, 1.807) is 31.6 Å². The van der Waals surface area contributed by atoms with Gasteiger partial charge in [0.25, 0.3) is 5.91 Å². The summed E-state index contributed by atoms with van der Waals surface area (Å²) in [7, 11) is 1.78. The molecule has 26 heavy (non-hydrogen) atoms. The monoisotopic (exact) mass is 372 g/mol. The fourth-order valence-corrected chi connectivity index (χ4v) is 3.64. The highest BCUT2D eigenvalue weighted by atomic mass is 32.1. The first kappa shape index (κ1) is 18.1. The Hall–Kier alpha value is -2.74. The zero-order valence-electron chi connectivity index (χ0n) is 15.1. The van der Waals surface area contributed by atoms with Gasteiger partial charge in [-0.2, -0.15) is 5.10 Å². The van der Waals surface area contributed by atoms with Crippen LogP contribution >= 0.6 is 11.3 Å². The summed E-state index contributed by atoms with van der Waals surface area (Å²) in [6.45, 7) is 5.07. The van der Waals surface area contributed by atoms with Crippen molar-refractivity contribution in [2.75, 3.05) is 6.54 Å². The fourth-order valence-electron chi connectivity index (χ4n) is 2.95. The standard InChI is InChI=1S/C18H20N4O3S/c1-10(2)22(9-15(23)24)18(25)12-8-13(14-6-5-7-26-14)19-17-16(12)11(3)20-21(17)4/h5-8,10H,9H2,1-4H3,(H,23,24). The number of nitrogens with zero attached hydrogens (tertiary/aromatic N) is 4. The maximum Gasteiger partial charge on any atom is 0.323 e. The van der Waals surface area contributed by atoms with E-state index in [0.717, 1.165) is 4.88 Å². The molecular weight excluding hydrogens is 352 g/mol. The number of hydrogen-bond donors (Lipinski definition) is 1. The molecule has 1 amide bonds. The van der Waals surface area contributed by atoms with Gasteiger partial charge >= 0.3 is 5.97 Å². The first-order valence-electron chi connectivity index (χ1n) is 8.20. The lowest BCUT2D eigenvalue weighted by atomic mass is 10.1. The van der Waals surface area contributed by atoms with E-state index in [9.17, 15) is 14.7 Å². The Morgan fingerprint density at radius 2 is 2.12 bits per heavy atom. The Bertz CT molecular complexity index is 976. The van der Waals surface area contributed by atoms with Crippen LogP contribution in [0.1, 0.15) is 29.9 Å². The number of carboxylic acid groups (broad SMARTS) is 1. The van der Waals surface area contributed by atoms with Gasteiger partial charge in [0.15, 0.2) is 5.65 Å². The van der Waals surface area contributed by atoms with Gasteiger partial charge in [0.05, 0.1) is 27.2 Å². The largest absolute Gasteiger partial charge is 0.480 e. The number of thiophene rings is 1. The van der Waals surface area contributed by atoms with Crippen molar-refractivity contribution in [2.45, 2.75) is 26.8 Å². The Kier molecular flexibility index (Phi) is 4.78. The third-order valence-electron chi connectivity index (χ3n) is 4.16.